The van der Waals surface area contributed by atoms with E-state index in [9.17, 15) is 4.79 Å². The van der Waals surface area contributed by atoms with E-state index < -0.39 is 0 Å². The molecule has 0 radical (unpaired) electrons. The van der Waals surface area contributed by atoms with E-state index in [2.05, 4.69) is 21.8 Å². The SMILES string of the molecule is COC[C@@H](C)n1c(CCCC(=O)N2CCCNCC2)nc2cccnc21. The van der Waals surface area contributed by atoms with E-state index in [0.717, 1.165) is 62.4 Å². The van der Waals surface area contributed by atoms with Crippen LogP contribution in [0, 0.1) is 0 Å². The molecule has 7 nitrogen and oxygen atoms in total. The fraction of sp³-hybridized carbons (Fsp3) is 0.632. The maximum absolute atomic E-state index is 12.5. The Balaban J connectivity index is 1.66. The number of rotatable bonds is 7. The third kappa shape index (κ3) is 4.40. The van der Waals surface area contributed by atoms with E-state index in [1.54, 1.807) is 13.3 Å². The van der Waals surface area contributed by atoms with Crippen molar-refractivity contribution in [3.8, 4) is 0 Å². The molecule has 7 heteroatoms. The first-order valence-electron chi connectivity index (χ1n) is 9.50. The molecule has 0 aromatic carbocycles. The summed E-state index contributed by atoms with van der Waals surface area (Å²) in [6.07, 6.45) is 4.95. The highest BCUT2D eigenvalue weighted by atomic mass is 16.5. The Kier molecular flexibility index (Phi) is 6.57. The van der Waals surface area contributed by atoms with Crippen LogP contribution in [0.15, 0.2) is 18.3 Å². The minimum atomic E-state index is 0.155. The number of nitrogens with one attached hydrogen (secondary N) is 1. The quantitative estimate of drug-likeness (QED) is 0.816. The Labute approximate surface area is 154 Å². The Hall–Kier alpha value is -1.99. The second-order valence-electron chi connectivity index (χ2n) is 6.89. The van der Waals surface area contributed by atoms with Gasteiger partial charge in [0.25, 0.3) is 0 Å². The third-order valence-electron chi connectivity index (χ3n) is 4.85. The Morgan fingerprint density at radius 3 is 3.12 bits per heavy atom. The number of carbonyl (C=O) groups is 1. The normalized spacial score (nSPS) is 16.6. The average molecular weight is 359 g/mol. The lowest BCUT2D eigenvalue weighted by atomic mass is 10.2. The van der Waals surface area contributed by atoms with Crippen LogP contribution in [-0.4, -0.2) is 65.2 Å². The molecular formula is C19H29N5O2. The number of aryl methyl sites for hydroxylation is 1. The summed E-state index contributed by atoms with van der Waals surface area (Å²) in [4.78, 5) is 23.7. The molecule has 1 N–H and O–H groups in total. The number of nitrogens with zero attached hydrogens (tertiary/aromatic N) is 4. The van der Waals surface area contributed by atoms with Crippen LogP contribution in [-0.2, 0) is 16.0 Å². The maximum atomic E-state index is 12.5. The first-order chi connectivity index (χ1) is 12.7. The fourth-order valence-electron chi connectivity index (χ4n) is 3.58. The molecule has 1 aliphatic rings. The van der Waals surface area contributed by atoms with E-state index in [0.29, 0.717) is 13.0 Å². The molecule has 0 saturated carbocycles. The summed E-state index contributed by atoms with van der Waals surface area (Å²) in [5, 5.41) is 3.33. The van der Waals surface area contributed by atoms with E-state index in [1.807, 2.05) is 17.0 Å². The minimum absolute atomic E-state index is 0.155. The molecule has 0 bridgehead atoms. The Morgan fingerprint density at radius 2 is 2.27 bits per heavy atom. The topological polar surface area (TPSA) is 72.3 Å². The number of carbonyl (C=O) groups excluding carboxylic acids is 1. The highest BCUT2D eigenvalue weighted by Gasteiger charge is 2.18. The summed E-state index contributed by atoms with van der Waals surface area (Å²) < 4.78 is 7.47. The lowest BCUT2D eigenvalue weighted by Gasteiger charge is -2.20. The van der Waals surface area contributed by atoms with Gasteiger partial charge in [0, 0.05) is 45.8 Å². The first-order valence-corrected chi connectivity index (χ1v) is 9.50. The van der Waals surface area contributed by atoms with Crippen LogP contribution in [0.25, 0.3) is 11.2 Å². The molecule has 1 atom stereocenters. The van der Waals surface area contributed by atoms with Crippen LogP contribution in [0.5, 0.6) is 0 Å². The minimum Gasteiger partial charge on any atom is -0.383 e. The molecule has 0 unspecified atom stereocenters. The largest absolute Gasteiger partial charge is 0.383 e. The van der Waals surface area contributed by atoms with E-state index in [4.69, 9.17) is 9.72 Å². The van der Waals surface area contributed by atoms with Gasteiger partial charge in [-0.15, -0.1) is 0 Å². The number of fused-ring (bicyclic) bond motifs is 1. The lowest BCUT2D eigenvalue weighted by Crippen LogP contribution is -2.34. The number of aromatic nitrogens is 3. The molecule has 3 rings (SSSR count). The van der Waals surface area contributed by atoms with Crippen molar-refractivity contribution < 1.29 is 9.53 Å². The van der Waals surface area contributed by atoms with Gasteiger partial charge in [-0.3, -0.25) is 4.79 Å². The van der Waals surface area contributed by atoms with Gasteiger partial charge in [0.15, 0.2) is 5.65 Å². The second kappa shape index (κ2) is 9.09. The lowest BCUT2D eigenvalue weighted by molar-refractivity contribution is -0.131. The van der Waals surface area contributed by atoms with Crippen molar-refractivity contribution in [3.05, 3.63) is 24.2 Å². The first kappa shape index (κ1) is 18.8. The Morgan fingerprint density at radius 1 is 1.38 bits per heavy atom. The molecule has 0 aliphatic carbocycles. The molecule has 26 heavy (non-hydrogen) atoms. The standard InChI is InChI=1S/C19H29N5O2/c1-15(14-26-2)24-17(22-16-6-4-10-21-19(16)24)7-3-8-18(25)23-12-5-9-20-11-13-23/h4,6,10,15,20H,3,5,7-9,11-14H2,1-2H3/t15-/m1/s1. The monoisotopic (exact) mass is 359 g/mol. The summed E-state index contributed by atoms with van der Waals surface area (Å²) in [5.41, 5.74) is 1.78. The van der Waals surface area contributed by atoms with E-state index in [-0.39, 0.29) is 11.9 Å². The fourth-order valence-corrected chi connectivity index (χ4v) is 3.58. The third-order valence-corrected chi connectivity index (χ3v) is 4.85. The summed E-state index contributed by atoms with van der Waals surface area (Å²) in [6, 6.07) is 4.04. The number of methoxy groups -OCH3 is 1. The van der Waals surface area contributed by atoms with Crippen LogP contribution >= 0.6 is 0 Å². The van der Waals surface area contributed by atoms with Crippen molar-refractivity contribution in [2.24, 2.45) is 0 Å². The maximum Gasteiger partial charge on any atom is 0.222 e. The van der Waals surface area contributed by atoms with Gasteiger partial charge in [-0.05, 0) is 38.4 Å². The molecule has 3 heterocycles. The van der Waals surface area contributed by atoms with Gasteiger partial charge in [-0.1, -0.05) is 0 Å². The molecule has 1 saturated heterocycles. The van der Waals surface area contributed by atoms with Gasteiger partial charge in [-0.2, -0.15) is 0 Å². The zero-order valence-electron chi connectivity index (χ0n) is 15.8. The van der Waals surface area contributed by atoms with Crippen molar-refractivity contribution in [2.75, 3.05) is 39.9 Å². The summed E-state index contributed by atoms with van der Waals surface area (Å²) in [5.74, 6) is 1.23. The van der Waals surface area contributed by atoms with Crippen molar-refractivity contribution >= 4 is 17.1 Å². The summed E-state index contributed by atoms with van der Waals surface area (Å²) >= 11 is 0. The molecule has 1 aliphatic heterocycles. The smallest absolute Gasteiger partial charge is 0.222 e. The molecule has 0 spiro atoms. The van der Waals surface area contributed by atoms with Gasteiger partial charge >= 0.3 is 0 Å². The molecule has 2 aromatic rings. The summed E-state index contributed by atoms with van der Waals surface area (Å²) in [6.45, 7) is 6.28. The second-order valence-corrected chi connectivity index (χ2v) is 6.89. The van der Waals surface area contributed by atoms with Crippen molar-refractivity contribution in [1.29, 1.82) is 0 Å². The zero-order chi connectivity index (χ0) is 18.4. The van der Waals surface area contributed by atoms with Crippen molar-refractivity contribution in [1.82, 2.24) is 24.8 Å². The zero-order valence-corrected chi connectivity index (χ0v) is 15.8. The highest BCUT2D eigenvalue weighted by Crippen LogP contribution is 2.21. The number of hydrogen-bond donors (Lipinski definition) is 1. The van der Waals surface area contributed by atoms with Gasteiger partial charge < -0.3 is 19.5 Å². The number of ether oxygens (including phenoxy) is 1. The number of hydrogen-bond acceptors (Lipinski definition) is 5. The van der Waals surface area contributed by atoms with E-state index >= 15 is 0 Å². The highest BCUT2D eigenvalue weighted by molar-refractivity contribution is 5.76. The van der Waals surface area contributed by atoms with Crippen LogP contribution < -0.4 is 5.32 Å². The van der Waals surface area contributed by atoms with Gasteiger partial charge in [0.2, 0.25) is 5.91 Å². The molecule has 2 aromatic heterocycles. The Bertz CT molecular complexity index is 722. The average Bonchev–Trinajstić information content (AvgIpc) is 2.80. The van der Waals surface area contributed by atoms with Crippen LogP contribution in [0.3, 0.4) is 0 Å². The van der Waals surface area contributed by atoms with Gasteiger partial charge in [0.05, 0.1) is 12.6 Å². The predicted octanol–water partition coefficient (Wildman–Crippen LogP) is 1.78. The van der Waals surface area contributed by atoms with Crippen LogP contribution in [0.4, 0.5) is 0 Å². The molecule has 1 amide bonds. The number of pyridine rings is 1. The predicted molar refractivity (Wildman–Crippen MR) is 101 cm³/mol. The number of amides is 1. The van der Waals surface area contributed by atoms with Crippen molar-refractivity contribution in [2.45, 2.75) is 38.6 Å². The van der Waals surface area contributed by atoms with Crippen LogP contribution in [0.2, 0.25) is 0 Å². The molecule has 142 valence electrons. The van der Waals surface area contributed by atoms with Crippen LogP contribution in [0.1, 0.15) is 38.1 Å². The number of imidazole rings is 1. The van der Waals surface area contributed by atoms with Crippen molar-refractivity contribution in [3.63, 3.8) is 0 Å². The molecular weight excluding hydrogens is 330 g/mol. The van der Waals surface area contributed by atoms with Gasteiger partial charge in [-0.25, -0.2) is 9.97 Å². The molecule has 1 fully saturated rings. The van der Waals surface area contributed by atoms with Gasteiger partial charge in [0.1, 0.15) is 11.3 Å². The summed E-state index contributed by atoms with van der Waals surface area (Å²) in [7, 11) is 1.71. The van der Waals surface area contributed by atoms with E-state index in [1.165, 1.54) is 0 Å².